The summed E-state index contributed by atoms with van der Waals surface area (Å²) in [4.78, 5) is 20.0. The molecular weight excluding hydrogens is 270 g/mol. The molecular formula is C15H15N3O3. The highest BCUT2D eigenvalue weighted by molar-refractivity contribution is 5.91. The standard InChI is InChI=1S/C15H15N3O3/c1-10-7-18-12(8-17-10)15(19)16-5-4-11-2-3-13-14(6-11)21-9-20-13/h2-3,6-8H,4-5,9H2,1H3,(H,16,19). The van der Waals surface area contributed by atoms with Crippen LogP contribution < -0.4 is 14.8 Å². The third-order valence-corrected chi connectivity index (χ3v) is 3.15. The van der Waals surface area contributed by atoms with E-state index in [1.807, 2.05) is 25.1 Å². The molecule has 2 aromatic rings. The van der Waals surface area contributed by atoms with Crippen LogP contribution in [-0.4, -0.2) is 29.2 Å². The van der Waals surface area contributed by atoms with Crippen LogP contribution >= 0.6 is 0 Å². The SMILES string of the molecule is Cc1cnc(C(=O)NCCc2ccc3c(c2)OCO3)cn1. The number of rotatable bonds is 4. The number of carbonyl (C=O) groups is 1. The number of ether oxygens (including phenoxy) is 2. The Kier molecular flexibility index (Phi) is 3.68. The molecule has 1 aliphatic heterocycles. The van der Waals surface area contributed by atoms with Gasteiger partial charge in [0, 0.05) is 12.7 Å². The van der Waals surface area contributed by atoms with Gasteiger partial charge in [-0.2, -0.15) is 0 Å². The molecule has 1 aromatic carbocycles. The molecule has 1 aromatic heterocycles. The van der Waals surface area contributed by atoms with Crippen molar-refractivity contribution in [3.05, 3.63) is 47.5 Å². The fraction of sp³-hybridized carbons (Fsp3) is 0.267. The number of nitrogens with one attached hydrogen (secondary N) is 1. The smallest absolute Gasteiger partial charge is 0.271 e. The molecule has 6 nitrogen and oxygen atoms in total. The number of carbonyl (C=O) groups excluding carboxylic acids is 1. The molecule has 0 radical (unpaired) electrons. The van der Waals surface area contributed by atoms with E-state index in [9.17, 15) is 4.79 Å². The molecule has 108 valence electrons. The van der Waals surface area contributed by atoms with Gasteiger partial charge >= 0.3 is 0 Å². The Morgan fingerprint density at radius 1 is 1.24 bits per heavy atom. The van der Waals surface area contributed by atoms with Crippen molar-refractivity contribution in [3.63, 3.8) is 0 Å². The Morgan fingerprint density at radius 2 is 2.10 bits per heavy atom. The maximum Gasteiger partial charge on any atom is 0.271 e. The van der Waals surface area contributed by atoms with Crippen molar-refractivity contribution in [1.82, 2.24) is 15.3 Å². The number of hydrogen-bond donors (Lipinski definition) is 1. The Labute approximate surface area is 122 Å². The first-order valence-corrected chi connectivity index (χ1v) is 6.68. The molecule has 0 fully saturated rings. The van der Waals surface area contributed by atoms with Crippen molar-refractivity contribution in [2.45, 2.75) is 13.3 Å². The van der Waals surface area contributed by atoms with Gasteiger partial charge in [-0.3, -0.25) is 9.78 Å². The lowest BCUT2D eigenvalue weighted by atomic mass is 10.1. The Balaban J connectivity index is 1.54. The van der Waals surface area contributed by atoms with Gasteiger partial charge < -0.3 is 14.8 Å². The van der Waals surface area contributed by atoms with Crippen LogP contribution in [0.25, 0.3) is 0 Å². The van der Waals surface area contributed by atoms with Crippen LogP contribution in [0.5, 0.6) is 11.5 Å². The third kappa shape index (κ3) is 3.10. The first kappa shape index (κ1) is 13.4. The molecule has 21 heavy (non-hydrogen) atoms. The van der Waals surface area contributed by atoms with E-state index in [4.69, 9.17) is 9.47 Å². The summed E-state index contributed by atoms with van der Waals surface area (Å²) in [5.41, 5.74) is 2.19. The summed E-state index contributed by atoms with van der Waals surface area (Å²) in [6, 6.07) is 5.77. The average molecular weight is 285 g/mol. The highest BCUT2D eigenvalue weighted by Gasteiger charge is 2.13. The molecule has 0 saturated heterocycles. The molecule has 0 atom stereocenters. The first-order valence-electron chi connectivity index (χ1n) is 6.68. The van der Waals surface area contributed by atoms with Crippen molar-refractivity contribution < 1.29 is 14.3 Å². The lowest BCUT2D eigenvalue weighted by molar-refractivity contribution is 0.0948. The van der Waals surface area contributed by atoms with E-state index in [1.165, 1.54) is 6.20 Å². The van der Waals surface area contributed by atoms with Crippen molar-refractivity contribution in [3.8, 4) is 11.5 Å². The summed E-state index contributed by atoms with van der Waals surface area (Å²) in [7, 11) is 0. The molecule has 3 rings (SSSR count). The van der Waals surface area contributed by atoms with Crippen molar-refractivity contribution >= 4 is 5.91 Å². The van der Waals surface area contributed by atoms with E-state index in [-0.39, 0.29) is 12.7 Å². The maximum atomic E-state index is 11.9. The van der Waals surface area contributed by atoms with Gasteiger partial charge in [0.15, 0.2) is 11.5 Å². The summed E-state index contributed by atoms with van der Waals surface area (Å²) in [6.07, 6.45) is 3.76. The van der Waals surface area contributed by atoms with Crippen LogP contribution in [0.2, 0.25) is 0 Å². The molecule has 0 bridgehead atoms. The summed E-state index contributed by atoms with van der Waals surface area (Å²) in [5.74, 6) is 1.30. The van der Waals surface area contributed by atoms with Gasteiger partial charge in [-0.25, -0.2) is 4.98 Å². The van der Waals surface area contributed by atoms with Crippen molar-refractivity contribution in [1.29, 1.82) is 0 Å². The molecule has 0 spiro atoms. The zero-order chi connectivity index (χ0) is 14.7. The quantitative estimate of drug-likeness (QED) is 0.921. The number of benzene rings is 1. The topological polar surface area (TPSA) is 73.3 Å². The normalized spacial score (nSPS) is 12.2. The predicted molar refractivity (Wildman–Crippen MR) is 75.4 cm³/mol. The van der Waals surface area contributed by atoms with Crippen LogP contribution in [-0.2, 0) is 6.42 Å². The summed E-state index contributed by atoms with van der Waals surface area (Å²) < 4.78 is 10.6. The monoisotopic (exact) mass is 285 g/mol. The maximum absolute atomic E-state index is 11.9. The molecule has 1 aliphatic rings. The van der Waals surface area contributed by atoms with Gasteiger partial charge in [-0.15, -0.1) is 0 Å². The average Bonchev–Trinajstić information content (AvgIpc) is 2.95. The molecule has 2 heterocycles. The van der Waals surface area contributed by atoms with E-state index < -0.39 is 0 Å². The zero-order valence-electron chi connectivity index (χ0n) is 11.6. The van der Waals surface area contributed by atoms with Crippen molar-refractivity contribution in [2.24, 2.45) is 0 Å². The Hall–Kier alpha value is -2.63. The lowest BCUT2D eigenvalue weighted by Gasteiger charge is -2.05. The van der Waals surface area contributed by atoms with E-state index in [0.717, 1.165) is 22.8 Å². The number of hydrogen-bond acceptors (Lipinski definition) is 5. The van der Waals surface area contributed by atoms with Crippen LogP contribution in [0.3, 0.4) is 0 Å². The van der Waals surface area contributed by atoms with Gasteiger partial charge in [-0.05, 0) is 31.0 Å². The number of amides is 1. The fourth-order valence-corrected chi connectivity index (χ4v) is 2.02. The largest absolute Gasteiger partial charge is 0.454 e. The van der Waals surface area contributed by atoms with Gasteiger partial charge in [0.05, 0.1) is 11.9 Å². The second kappa shape index (κ2) is 5.78. The summed E-state index contributed by atoms with van der Waals surface area (Å²) >= 11 is 0. The molecule has 0 aliphatic carbocycles. The fourth-order valence-electron chi connectivity index (χ4n) is 2.02. The van der Waals surface area contributed by atoms with Gasteiger partial charge in [0.1, 0.15) is 5.69 Å². The first-order chi connectivity index (χ1) is 10.2. The third-order valence-electron chi connectivity index (χ3n) is 3.15. The zero-order valence-corrected chi connectivity index (χ0v) is 11.6. The van der Waals surface area contributed by atoms with E-state index in [0.29, 0.717) is 18.7 Å². The number of nitrogens with zero attached hydrogens (tertiary/aromatic N) is 2. The van der Waals surface area contributed by atoms with E-state index >= 15 is 0 Å². The molecule has 0 saturated carbocycles. The minimum Gasteiger partial charge on any atom is -0.454 e. The molecule has 6 heteroatoms. The van der Waals surface area contributed by atoms with E-state index in [2.05, 4.69) is 15.3 Å². The molecule has 1 amide bonds. The van der Waals surface area contributed by atoms with E-state index in [1.54, 1.807) is 6.20 Å². The summed E-state index contributed by atoms with van der Waals surface area (Å²) in [5, 5.41) is 2.82. The van der Waals surface area contributed by atoms with Gasteiger partial charge in [0.2, 0.25) is 6.79 Å². The van der Waals surface area contributed by atoms with Crippen molar-refractivity contribution in [2.75, 3.05) is 13.3 Å². The van der Waals surface area contributed by atoms with Gasteiger partial charge in [0.25, 0.3) is 5.91 Å². The molecule has 0 unspecified atom stereocenters. The Bertz CT molecular complexity index is 656. The van der Waals surface area contributed by atoms with Crippen LogP contribution in [0.1, 0.15) is 21.7 Å². The second-order valence-corrected chi connectivity index (χ2v) is 4.74. The van der Waals surface area contributed by atoms with Crippen LogP contribution in [0.4, 0.5) is 0 Å². The minimum atomic E-state index is -0.219. The Morgan fingerprint density at radius 3 is 2.90 bits per heavy atom. The molecule has 1 N–H and O–H groups in total. The highest BCUT2D eigenvalue weighted by atomic mass is 16.7. The van der Waals surface area contributed by atoms with Crippen LogP contribution in [0, 0.1) is 6.92 Å². The number of aryl methyl sites for hydroxylation is 1. The highest BCUT2D eigenvalue weighted by Crippen LogP contribution is 2.32. The van der Waals surface area contributed by atoms with Gasteiger partial charge in [-0.1, -0.05) is 6.07 Å². The minimum absolute atomic E-state index is 0.219. The second-order valence-electron chi connectivity index (χ2n) is 4.74. The number of fused-ring (bicyclic) bond motifs is 1. The number of aromatic nitrogens is 2. The van der Waals surface area contributed by atoms with Crippen LogP contribution in [0.15, 0.2) is 30.6 Å². The summed E-state index contributed by atoms with van der Waals surface area (Å²) in [6.45, 7) is 2.62. The lowest BCUT2D eigenvalue weighted by Crippen LogP contribution is -2.26. The predicted octanol–water partition coefficient (Wildman–Crippen LogP) is 1.49.